The van der Waals surface area contributed by atoms with Crippen molar-refractivity contribution in [1.29, 1.82) is 0 Å². The number of rotatable bonds is 6. The minimum absolute atomic E-state index is 0.00862. The van der Waals surface area contributed by atoms with Gasteiger partial charge in [0, 0.05) is 26.2 Å². The highest BCUT2D eigenvalue weighted by Crippen LogP contribution is 2.27. The number of sulfonamides is 1. The van der Waals surface area contributed by atoms with Crippen molar-refractivity contribution in [3.05, 3.63) is 23.8 Å². The fourth-order valence-electron chi connectivity index (χ4n) is 4.12. The van der Waals surface area contributed by atoms with Gasteiger partial charge in [-0.2, -0.15) is 4.31 Å². The van der Waals surface area contributed by atoms with Crippen LogP contribution in [0.25, 0.3) is 0 Å². The third kappa shape index (κ3) is 5.79. The number of carbonyl (C=O) groups excluding carboxylic acids is 2. The van der Waals surface area contributed by atoms with Gasteiger partial charge < -0.3 is 19.1 Å². The fraction of sp³-hybridized carbons (Fsp3) is 0.636. The average Bonchev–Trinajstić information content (AvgIpc) is 3.06. The van der Waals surface area contributed by atoms with E-state index in [1.165, 1.54) is 29.6 Å². The molecule has 2 saturated heterocycles. The smallest absolute Gasteiger partial charge is 0.342 e. The van der Waals surface area contributed by atoms with Gasteiger partial charge in [0.25, 0.3) is 5.91 Å². The van der Waals surface area contributed by atoms with Crippen LogP contribution in [0.5, 0.6) is 5.75 Å². The number of nitrogens with zero attached hydrogens (tertiary/aromatic N) is 2. The number of esters is 1. The summed E-state index contributed by atoms with van der Waals surface area (Å²) in [6.07, 6.45) is 3.43. The van der Waals surface area contributed by atoms with E-state index in [-0.39, 0.29) is 34.3 Å². The number of morpholine rings is 1. The van der Waals surface area contributed by atoms with Crippen LogP contribution in [0.4, 0.5) is 0 Å². The van der Waals surface area contributed by atoms with E-state index in [9.17, 15) is 18.0 Å². The molecular formula is C22H32N2O7S. The Morgan fingerprint density at radius 2 is 1.69 bits per heavy atom. The second-order valence-corrected chi connectivity index (χ2v) is 10.3. The van der Waals surface area contributed by atoms with E-state index in [0.717, 1.165) is 25.7 Å². The zero-order valence-corrected chi connectivity index (χ0v) is 19.7. The van der Waals surface area contributed by atoms with Crippen molar-refractivity contribution in [1.82, 2.24) is 9.21 Å². The highest BCUT2D eigenvalue weighted by Gasteiger charge is 2.29. The van der Waals surface area contributed by atoms with Crippen LogP contribution in [-0.2, 0) is 24.3 Å². The van der Waals surface area contributed by atoms with E-state index in [2.05, 4.69) is 0 Å². The molecule has 0 bridgehead atoms. The lowest BCUT2D eigenvalue weighted by molar-refractivity contribution is -0.146. The maximum Gasteiger partial charge on any atom is 0.342 e. The van der Waals surface area contributed by atoms with E-state index in [0.29, 0.717) is 26.2 Å². The number of methoxy groups -OCH3 is 1. The summed E-state index contributed by atoms with van der Waals surface area (Å²) in [6, 6.07) is 4.14. The topological polar surface area (TPSA) is 102 Å². The van der Waals surface area contributed by atoms with Crippen LogP contribution < -0.4 is 4.74 Å². The summed E-state index contributed by atoms with van der Waals surface area (Å²) >= 11 is 0. The Morgan fingerprint density at radius 1 is 1.06 bits per heavy atom. The number of ether oxygens (including phenoxy) is 3. The summed E-state index contributed by atoms with van der Waals surface area (Å²) in [5.74, 6) is -0.948. The van der Waals surface area contributed by atoms with Crippen LogP contribution in [0.1, 0.15) is 49.9 Å². The summed E-state index contributed by atoms with van der Waals surface area (Å²) in [7, 11) is -2.36. The molecule has 2 aliphatic rings. The standard InChI is InChI=1S/C22H32N2O7S/c1-16-13-23(14-17(2)31-16)21(25)15-30-22(26)19-12-18(8-9-20(19)29-3)32(27,28)24-10-6-4-5-7-11-24/h8-9,12,16-17H,4-7,10-11,13-15H2,1-3H3/t16-,17-/m0/s1. The van der Waals surface area contributed by atoms with E-state index in [1.807, 2.05) is 13.8 Å². The molecule has 0 radical (unpaired) electrons. The Morgan fingerprint density at radius 3 is 2.28 bits per heavy atom. The number of carbonyl (C=O) groups is 2. The van der Waals surface area contributed by atoms with Gasteiger partial charge in [0.1, 0.15) is 11.3 Å². The van der Waals surface area contributed by atoms with Crippen LogP contribution in [0.15, 0.2) is 23.1 Å². The van der Waals surface area contributed by atoms with E-state index in [1.54, 1.807) is 4.90 Å². The Bertz CT molecular complexity index is 916. The molecule has 2 aliphatic heterocycles. The lowest BCUT2D eigenvalue weighted by Crippen LogP contribution is -2.49. The van der Waals surface area contributed by atoms with Crippen molar-refractivity contribution in [3.8, 4) is 5.75 Å². The normalized spacial score (nSPS) is 22.8. The quantitative estimate of drug-likeness (QED) is 0.589. The molecule has 32 heavy (non-hydrogen) atoms. The molecule has 3 rings (SSSR count). The molecule has 0 aromatic heterocycles. The van der Waals surface area contributed by atoms with Gasteiger partial charge in [-0.3, -0.25) is 4.79 Å². The Labute approximate surface area is 189 Å². The van der Waals surface area contributed by atoms with Crippen LogP contribution in [0.2, 0.25) is 0 Å². The molecule has 1 aromatic carbocycles. The molecule has 2 heterocycles. The molecule has 0 unspecified atom stereocenters. The molecule has 10 heteroatoms. The fourth-order valence-corrected chi connectivity index (χ4v) is 5.66. The van der Waals surface area contributed by atoms with Gasteiger partial charge in [-0.1, -0.05) is 12.8 Å². The maximum absolute atomic E-state index is 13.1. The minimum atomic E-state index is -3.75. The molecule has 0 aliphatic carbocycles. The molecule has 2 fully saturated rings. The maximum atomic E-state index is 13.1. The molecular weight excluding hydrogens is 436 g/mol. The summed E-state index contributed by atoms with van der Waals surface area (Å²) in [5.41, 5.74) is -0.0279. The molecule has 178 valence electrons. The van der Waals surface area contributed by atoms with Gasteiger partial charge in [0.15, 0.2) is 6.61 Å². The Balaban J connectivity index is 1.73. The largest absolute Gasteiger partial charge is 0.496 e. The van der Waals surface area contributed by atoms with Crippen molar-refractivity contribution >= 4 is 21.9 Å². The van der Waals surface area contributed by atoms with E-state index in [4.69, 9.17) is 14.2 Å². The Kier molecular flexibility index (Phi) is 8.13. The molecule has 1 amide bonds. The zero-order valence-electron chi connectivity index (χ0n) is 18.9. The van der Waals surface area contributed by atoms with Gasteiger partial charge in [-0.25, -0.2) is 13.2 Å². The summed E-state index contributed by atoms with van der Waals surface area (Å²) in [6.45, 7) is 5.08. The second-order valence-electron chi connectivity index (χ2n) is 8.31. The van der Waals surface area contributed by atoms with Crippen LogP contribution in [-0.4, -0.2) is 81.6 Å². The number of hydrogen-bond donors (Lipinski definition) is 0. The predicted octanol–water partition coefficient (Wildman–Crippen LogP) is 2.05. The number of amides is 1. The molecule has 2 atom stereocenters. The first kappa shape index (κ1) is 24.5. The van der Waals surface area contributed by atoms with Crippen molar-refractivity contribution < 1.29 is 32.2 Å². The van der Waals surface area contributed by atoms with Gasteiger partial charge in [0.05, 0.1) is 24.2 Å². The average molecular weight is 469 g/mol. The summed E-state index contributed by atoms with van der Waals surface area (Å²) < 4.78 is 43.8. The van der Waals surface area contributed by atoms with Crippen molar-refractivity contribution in [2.24, 2.45) is 0 Å². The zero-order chi connectivity index (χ0) is 23.3. The van der Waals surface area contributed by atoms with Crippen molar-refractivity contribution in [2.45, 2.75) is 56.6 Å². The molecule has 0 N–H and O–H groups in total. The first-order valence-electron chi connectivity index (χ1n) is 11.0. The summed E-state index contributed by atoms with van der Waals surface area (Å²) in [5, 5.41) is 0. The van der Waals surface area contributed by atoms with Crippen LogP contribution in [0, 0.1) is 0 Å². The number of benzene rings is 1. The third-order valence-electron chi connectivity index (χ3n) is 5.69. The first-order valence-corrected chi connectivity index (χ1v) is 12.4. The monoisotopic (exact) mass is 468 g/mol. The van der Waals surface area contributed by atoms with Gasteiger partial charge in [-0.05, 0) is 44.9 Å². The van der Waals surface area contributed by atoms with E-state index >= 15 is 0 Å². The van der Waals surface area contributed by atoms with Crippen molar-refractivity contribution in [2.75, 3.05) is 39.9 Å². The molecule has 0 spiro atoms. The van der Waals surface area contributed by atoms with Gasteiger partial charge in [-0.15, -0.1) is 0 Å². The SMILES string of the molecule is COc1ccc(S(=O)(=O)N2CCCCCC2)cc1C(=O)OCC(=O)N1C[C@H](C)O[C@@H](C)C1. The highest BCUT2D eigenvalue weighted by molar-refractivity contribution is 7.89. The number of hydrogen-bond acceptors (Lipinski definition) is 7. The third-order valence-corrected chi connectivity index (χ3v) is 7.59. The molecule has 0 saturated carbocycles. The van der Waals surface area contributed by atoms with Gasteiger partial charge >= 0.3 is 5.97 Å². The van der Waals surface area contributed by atoms with E-state index < -0.39 is 22.6 Å². The minimum Gasteiger partial charge on any atom is -0.496 e. The molecule has 1 aromatic rings. The second kappa shape index (κ2) is 10.6. The lowest BCUT2D eigenvalue weighted by Gasteiger charge is -2.35. The van der Waals surface area contributed by atoms with Gasteiger partial charge in [0.2, 0.25) is 10.0 Å². The lowest BCUT2D eigenvalue weighted by atomic mass is 10.2. The van der Waals surface area contributed by atoms with Crippen LogP contribution in [0.3, 0.4) is 0 Å². The predicted molar refractivity (Wildman–Crippen MR) is 117 cm³/mol. The van der Waals surface area contributed by atoms with Crippen LogP contribution >= 0.6 is 0 Å². The Hall–Kier alpha value is -2.17. The molecule has 9 nitrogen and oxygen atoms in total. The first-order chi connectivity index (χ1) is 15.2. The summed E-state index contributed by atoms with van der Waals surface area (Å²) in [4.78, 5) is 26.9. The highest BCUT2D eigenvalue weighted by atomic mass is 32.2. The van der Waals surface area contributed by atoms with Crippen molar-refractivity contribution in [3.63, 3.8) is 0 Å².